The average Bonchev–Trinajstić information content (AvgIpc) is 2.73. The minimum absolute atomic E-state index is 0.299. The fraction of sp³-hybridized carbons (Fsp3) is 0.190. The highest BCUT2D eigenvalue weighted by Crippen LogP contribution is 2.41. The Morgan fingerprint density at radius 3 is 2.67 bits per heavy atom. The van der Waals surface area contributed by atoms with Gasteiger partial charge < -0.3 is 10.1 Å². The van der Waals surface area contributed by atoms with Crippen LogP contribution in [0, 0.1) is 17.2 Å². The lowest BCUT2D eigenvalue weighted by atomic mass is 9.78. The maximum atomic E-state index is 12.8. The molecule has 0 aliphatic carbocycles. The molecular weight excluding hydrogens is 511 g/mol. The third-order valence-electron chi connectivity index (χ3n) is 4.56. The number of amides is 1. The third kappa shape index (κ3) is 4.84. The number of rotatable bonds is 5. The van der Waals surface area contributed by atoms with Crippen LogP contribution in [0.4, 0.5) is 0 Å². The fourth-order valence-corrected chi connectivity index (χ4v) is 4.89. The molecule has 2 aromatic rings. The van der Waals surface area contributed by atoms with Gasteiger partial charge in [0, 0.05) is 16.1 Å². The van der Waals surface area contributed by atoms with Gasteiger partial charge in [-0.3, -0.25) is 9.59 Å². The van der Waals surface area contributed by atoms with E-state index < -0.39 is 23.7 Å². The van der Waals surface area contributed by atoms with Gasteiger partial charge in [0.15, 0.2) is 0 Å². The smallest absolute Gasteiger partial charge is 0.319 e. The van der Waals surface area contributed by atoms with Crippen LogP contribution in [0.15, 0.2) is 57.5 Å². The molecule has 3 rings (SSSR count). The number of benzene rings is 2. The highest BCUT2D eigenvalue weighted by molar-refractivity contribution is 9.10. The molecule has 1 heterocycles. The zero-order valence-electron chi connectivity index (χ0n) is 15.6. The van der Waals surface area contributed by atoms with Crippen LogP contribution in [0.5, 0.6) is 0 Å². The molecule has 1 N–H and O–H groups in total. The molecule has 9 heteroatoms. The lowest BCUT2D eigenvalue weighted by Crippen LogP contribution is -2.44. The second kappa shape index (κ2) is 9.88. The first-order valence-electron chi connectivity index (χ1n) is 8.70. The van der Waals surface area contributed by atoms with Crippen LogP contribution in [-0.4, -0.2) is 19.0 Å². The molecule has 30 heavy (non-hydrogen) atoms. The normalized spacial score (nSPS) is 18.6. The zero-order chi connectivity index (χ0) is 21.8. The molecular formula is C21H15BrCl2N2O3S. The summed E-state index contributed by atoms with van der Waals surface area (Å²) in [5, 5.41) is 13.9. The molecule has 0 bridgehead atoms. The molecule has 2 aromatic carbocycles. The maximum absolute atomic E-state index is 12.8. The molecule has 0 radical (unpaired) electrons. The van der Waals surface area contributed by atoms with E-state index in [1.54, 1.807) is 30.3 Å². The number of hydrogen-bond acceptors (Lipinski definition) is 5. The maximum Gasteiger partial charge on any atom is 0.319 e. The fourth-order valence-electron chi connectivity index (χ4n) is 3.16. The SMILES string of the molecule is COC(=O)[C@@H]1C(=O)NC(SCc2ccc(Cl)c(Cl)c2)=C(C#N)[C@@H]1c1cccc(Br)c1. The Morgan fingerprint density at radius 1 is 1.27 bits per heavy atom. The number of esters is 1. The van der Waals surface area contributed by atoms with E-state index in [9.17, 15) is 14.9 Å². The molecule has 5 nitrogen and oxygen atoms in total. The summed E-state index contributed by atoms with van der Waals surface area (Å²) in [4.78, 5) is 25.2. The van der Waals surface area contributed by atoms with Crippen LogP contribution < -0.4 is 5.32 Å². The first-order valence-corrected chi connectivity index (χ1v) is 11.2. The van der Waals surface area contributed by atoms with Crippen LogP contribution in [-0.2, 0) is 20.1 Å². The monoisotopic (exact) mass is 524 g/mol. The van der Waals surface area contributed by atoms with E-state index in [0.29, 0.717) is 32.0 Å². The lowest BCUT2D eigenvalue weighted by molar-refractivity contribution is -0.150. The Bertz CT molecular complexity index is 1080. The van der Waals surface area contributed by atoms with Crippen molar-refractivity contribution in [2.45, 2.75) is 11.7 Å². The van der Waals surface area contributed by atoms with Crippen molar-refractivity contribution in [3.8, 4) is 6.07 Å². The zero-order valence-corrected chi connectivity index (χ0v) is 19.5. The highest BCUT2D eigenvalue weighted by Gasteiger charge is 2.44. The van der Waals surface area contributed by atoms with E-state index >= 15 is 0 Å². The average molecular weight is 526 g/mol. The van der Waals surface area contributed by atoms with Gasteiger partial charge in [0.1, 0.15) is 5.92 Å². The van der Waals surface area contributed by atoms with Gasteiger partial charge in [-0.25, -0.2) is 0 Å². The van der Waals surface area contributed by atoms with Gasteiger partial charge in [-0.2, -0.15) is 5.26 Å². The van der Waals surface area contributed by atoms with Crippen molar-refractivity contribution in [1.82, 2.24) is 5.32 Å². The Kier molecular flexibility index (Phi) is 7.48. The van der Waals surface area contributed by atoms with Gasteiger partial charge in [-0.1, -0.05) is 57.3 Å². The van der Waals surface area contributed by atoms with Crippen LogP contribution in [0.3, 0.4) is 0 Å². The lowest BCUT2D eigenvalue weighted by Gasteiger charge is -2.31. The quantitative estimate of drug-likeness (QED) is 0.416. The molecule has 2 atom stereocenters. The predicted molar refractivity (Wildman–Crippen MR) is 121 cm³/mol. The summed E-state index contributed by atoms with van der Waals surface area (Å²) in [5.41, 5.74) is 1.84. The minimum atomic E-state index is -1.16. The van der Waals surface area contributed by atoms with Gasteiger partial charge >= 0.3 is 5.97 Å². The molecule has 0 aromatic heterocycles. The molecule has 0 spiro atoms. The third-order valence-corrected chi connectivity index (χ3v) is 6.88. The van der Waals surface area contributed by atoms with Crippen LogP contribution in [0.2, 0.25) is 10.0 Å². The largest absolute Gasteiger partial charge is 0.468 e. The van der Waals surface area contributed by atoms with Crippen LogP contribution in [0.25, 0.3) is 0 Å². The van der Waals surface area contributed by atoms with Gasteiger partial charge in [0.2, 0.25) is 5.91 Å². The minimum Gasteiger partial charge on any atom is -0.468 e. The topological polar surface area (TPSA) is 79.2 Å². The molecule has 0 fully saturated rings. The van der Waals surface area contributed by atoms with E-state index in [0.717, 1.165) is 10.0 Å². The van der Waals surface area contributed by atoms with E-state index in [1.165, 1.54) is 18.9 Å². The van der Waals surface area contributed by atoms with E-state index in [1.807, 2.05) is 12.1 Å². The summed E-state index contributed by atoms with van der Waals surface area (Å²) in [6.45, 7) is 0. The van der Waals surface area contributed by atoms with Crippen LogP contribution in [0.1, 0.15) is 17.0 Å². The molecule has 0 saturated carbocycles. The molecule has 154 valence electrons. The predicted octanol–water partition coefficient (Wildman–Crippen LogP) is 5.43. The number of halogens is 3. The number of carbonyl (C=O) groups is 2. The number of allylic oxidation sites excluding steroid dienone is 1. The highest BCUT2D eigenvalue weighted by atomic mass is 79.9. The van der Waals surface area contributed by atoms with Gasteiger partial charge in [-0.15, -0.1) is 11.8 Å². The standard InChI is InChI=1S/C21H15BrCl2N2O3S/c1-29-21(28)18-17(12-3-2-4-13(22)8-12)14(9-25)20(26-19(18)27)30-10-11-5-6-15(23)16(24)7-11/h2-8,17-18H,10H2,1H3,(H,26,27)/t17-,18-/m0/s1. The number of methoxy groups -OCH3 is 1. The first-order chi connectivity index (χ1) is 14.3. The Hall–Kier alpha value is -1.98. The van der Waals surface area contributed by atoms with Crippen molar-refractivity contribution < 1.29 is 14.3 Å². The van der Waals surface area contributed by atoms with Gasteiger partial charge in [-0.05, 0) is 35.4 Å². The van der Waals surface area contributed by atoms with Crippen molar-refractivity contribution >= 4 is 62.8 Å². The van der Waals surface area contributed by atoms with Crippen molar-refractivity contribution in [3.05, 3.63) is 78.7 Å². The summed E-state index contributed by atoms with van der Waals surface area (Å²) >= 11 is 16.7. The second-order valence-electron chi connectivity index (χ2n) is 6.41. The first kappa shape index (κ1) is 22.7. The molecule has 0 saturated heterocycles. The number of nitrogens with one attached hydrogen (secondary N) is 1. The van der Waals surface area contributed by atoms with Crippen molar-refractivity contribution in [2.75, 3.05) is 7.11 Å². The summed E-state index contributed by atoms with van der Waals surface area (Å²) in [6.07, 6.45) is 0. The molecule has 1 aliphatic heterocycles. The van der Waals surface area contributed by atoms with Crippen molar-refractivity contribution in [2.24, 2.45) is 5.92 Å². The molecule has 0 unspecified atom stereocenters. The number of carbonyl (C=O) groups excluding carboxylic acids is 2. The Balaban J connectivity index is 2.02. The summed E-state index contributed by atoms with van der Waals surface area (Å²) in [7, 11) is 1.22. The van der Waals surface area contributed by atoms with Crippen molar-refractivity contribution in [1.29, 1.82) is 5.26 Å². The summed E-state index contributed by atoms with van der Waals surface area (Å²) < 4.78 is 5.62. The van der Waals surface area contributed by atoms with Gasteiger partial charge in [0.05, 0.1) is 33.8 Å². The van der Waals surface area contributed by atoms with E-state index in [4.69, 9.17) is 27.9 Å². The summed E-state index contributed by atoms with van der Waals surface area (Å²) in [5.74, 6) is -2.68. The molecule has 1 amide bonds. The van der Waals surface area contributed by atoms with E-state index in [-0.39, 0.29) is 0 Å². The number of hydrogen-bond donors (Lipinski definition) is 1. The number of nitriles is 1. The Morgan fingerprint density at radius 2 is 2.03 bits per heavy atom. The van der Waals surface area contributed by atoms with E-state index in [2.05, 4.69) is 27.3 Å². The second-order valence-corrected chi connectivity index (χ2v) is 9.13. The number of nitrogens with zero attached hydrogens (tertiary/aromatic N) is 1. The molecule has 1 aliphatic rings. The Labute approximate surface area is 196 Å². The van der Waals surface area contributed by atoms with Gasteiger partial charge in [0.25, 0.3) is 0 Å². The number of ether oxygens (including phenoxy) is 1. The van der Waals surface area contributed by atoms with Crippen molar-refractivity contribution in [3.63, 3.8) is 0 Å². The number of thioether (sulfide) groups is 1. The van der Waals surface area contributed by atoms with Crippen LogP contribution >= 0.6 is 50.9 Å². The summed E-state index contributed by atoms with van der Waals surface area (Å²) in [6, 6.07) is 14.6.